The van der Waals surface area contributed by atoms with Crippen molar-refractivity contribution in [3.63, 3.8) is 0 Å². The quantitative estimate of drug-likeness (QED) is 0.618. The van der Waals surface area contributed by atoms with Gasteiger partial charge in [0.15, 0.2) is 0 Å². The van der Waals surface area contributed by atoms with Crippen LogP contribution in [0.1, 0.15) is 20.4 Å². The molecule has 1 aromatic heterocycles. The number of anilines is 1. The van der Waals surface area contributed by atoms with E-state index in [-0.39, 0.29) is 18.3 Å². The van der Waals surface area contributed by atoms with Crippen molar-refractivity contribution in [1.29, 1.82) is 0 Å². The predicted octanol–water partition coefficient (Wildman–Crippen LogP) is 5.18. The minimum Gasteiger partial charge on any atom is -0.486 e. The van der Waals surface area contributed by atoms with Gasteiger partial charge in [0.1, 0.15) is 28.1 Å². The zero-order valence-electron chi connectivity index (χ0n) is 13.3. The standard InChI is InChI=1S/C18H14BrFN2O2S/c1-11-17(18(23)22-14-6-2-12(19)3-7-14)25-16(21-11)10-24-15-8-4-13(20)5-9-15/h2-9H,10H2,1H3,(H,22,23). The molecule has 0 unspecified atom stereocenters. The van der Waals surface area contributed by atoms with Gasteiger partial charge in [-0.05, 0) is 55.5 Å². The van der Waals surface area contributed by atoms with Crippen LogP contribution in [0.25, 0.3) is 0 Å². The molecule has 4 nitrogen and oxygen atoms in total. The van der Waals surface area contributed by atoms with Crippen LogP contribution in [-0.4, -0.2) is 10.9 Å². The van der Waals surface area contributed by atoms with E-state index in [0.29, 0.717) is 27.0 Å². The van der Waals surface area contributed by atoms with Crippen molar-refractivity contribution in [2.24, 2.45) is 0 Å². The van der Waals surface area contributed by atoms with Gasteiger partial charge in [-0.1, -0.05) is 15.9 Å². The number of hydrogen-bond donors (Lipinski definition) is 1. The maximum Gasteiger partial charge on any atom is 0.267 e. The summed E-state index contributed by atoms with van der Waals surface area (Å²) in [6.45, 7) is 2.01. The van der Waals surface area contributed by atoms with Crippen molar-refractivity contribution in [2.45, 2.75) is 13.5 Å². The maximum absolute atomic E-state index is 12.9. The topological polar surface area (TPSA) is 51.2 Å². The lowest BCUT2D eigenvalue weighted by molar-refractivity contribution is 0.103. The SMILES string of the molecule is Cc1nc(COc2ccc(F)cc2)sc1C(=O)Nc1ccc(Br)cc1. The Morgan fingerprint density at radius 2 is 1.88 bits per heavy atom. The average molecular weight is 421 g/mol. The molecule has 1 amide bonds. The minimum absolute atomic E-state index is 0.203. The third kappa shape index (κ3) is 4.64. The van der Waals surface area contributed by atoms with E-state index < -0.39 is 0 Å². The third-order valence-corrected chi connectivity index (χ3v) is 4.98. The predicted molar refractivity (Wildman–Crippen MR) is 99.7 cm³/mol. The van der Waals surface area contributed by atoms with Crippen LogP contribution in [-0.2, 0) is 6.61 Å². The molecular weight excluding hydrogens is 407 g/mol. The molecule has 0 saturated heterocycles. The zero-order chi connectivity index (χ0) is 17.8. The molecule has 0 spiro atoms. The molecule has 2 aromatic carbocycles. The molecule has 1 heterocycles. The molecule has 3 aromatic rings. The lowest BCUT2D eigenvalue weighted by atomic mass is 10.3. The fourth-order valence-corrected chi connectivity index (χ4v) is 3.26. The fourth-order valence-electron chi connectivity index (χ4n) is 2.12. The summed E-state index contributed by atoms with van der Waals surface area (Å²) in [4.78, 5) is 17.3. The van der Waals surface area contributed by atoms with E-state index in [4.69, 9.17) is 4.74 Å². The number of aromatic nitrogens is 1. The molecule has 1 N–H and O–H groups in total. The highest BCUT2D eigenvalue weighted by molar-refractivity contribution is 9.10. The summed E-state index contributed by atoms with van der Waals surface area (Å²) in [6.07, 6.45) is 0. The second kappa shape index (κ2) is 7.76. The first-order valence-electron chi connectivity index (χ1n) is 7.43. The van der Waals surface area contributed by atoms with Crippen molar-refractivity contribution in [3.8, 4) is 5.75 Å². The highest BCUT2D eigenvalue weighted by Crippen LogP contribution is 2.22. The van der Waals surface area contributed by atoms with E-state index in [9.17, 15) is 9.18 Å². The van der Waals surface area contributed by atoms with Crippen LogP contribution < -0.4 is 10.1 Å². The van der Waals surface area contributed by atoms with Gasteiger partial charge in [-0.15, -0.1) is 11.3 Å². The van der Waals surface area contributed by atoms with Gasteiger partial charge in [0.2, 0.25) is 0 Å². The molecule has 7 heteroatoms. The summed E-state index contributed by atoms with van der Waals surface area (Å²) in [5, 5.41) is 3.53. The molecule has 0 atom stereocenters. The van der Waals surface area contributed by atoms with Gasteiger partial charge < -0.3 is 10.1 Å². The molecule has 0 aliphatic rings. The summed E-state index contributed by atoms with van der Waals surface area (Å²) in [7, 11) is 0. The Kier molecular flexibility index (Phi) is 5.45. The van der Waals surface area contributed by atoms with Crippen LogP contribution in [0.2, 0.25) is 0 Å². The lowest BCUT2D eigenvalue weighted by Gasteiger charge is -2.04. The van der Waals surface area contributed by atoms with Crippen molar-refractivity contribution in [3.05, 3.63) is 74.4 Å². The highest BCUT2D eigenvalue weighted by atomic mass is 79.9. The van der Waals surface area contributed by atoms with E-state index in [1.807, 2.05) is 24.3 Å². The number of halogens is 2. The normalized spacial score (nSPS) is 10.5. The second-order valence-electron chi connectivity index (χ2n) is 5.23. The van der Waals surface area contributed by atoms with Crippen LogP contribution in [0.15, 0.2) is 53.0 Å². The molecule has 0 radical (unpaired) electrons. The highest BCUT2D eigenvalue weighted by Gasteiger charge is 2.16. The Hall–Kier alpha value is -2.25. The number of carbonyl (C=O) groups is 1. The number of thiazole rings is 1. The van der Waals surface area contributed by atoms with Crippen molar-refractivity contribution >= 4 is 38.9 Å². The number of nitrogens with one attached hydrogen (secondary N) is 1. The minimum atomic E-state index is -0.315. The first-order valence-corrected chi connectivity index (χ1v) is 9.04. The van der Waals surface area contributed by atoms with Crippen molar-refractivity contribution in [2.75, 3.05) is 5.32 Å². The summed E-state index contributed by atoms with van der Waals surface area (Å²) in [5.41, 5.74) is 1.36. The number of nitrogens with zero attached hydrogens (tertiary/aromatic N) is 1. The Morgan fingerprint density at radius 1 is 1.20 bits per heavy atom. The summed E-state index contributed by atoms with van der Waals surface area (Å²) >= 11 is 4.64. The molecule has 3 rings (SSSR count). The Bertz CT molecular complexity index is 879. The van der Waals surface area contributed by atoms with Crippen LogP contribution in [0, 0.1) is 12.7 Å². The monoisotopic (exact) mass is 420 g/mol. The Morgan fingerprint density at radius 3 is 2.56 bits per heavy atom. The van der Waals surface area contributed by atoms with Gasteiger partial charge >= 0.3 is 0 Å². The van der Waals surface area contributed by atoms with Crippen LogP contribution in [0.5, 0.6) is 5.75 Å². The molecular formula is C18H14BrFN2O2S. The summed E-state index contributed by atoms with van der Waals surface area (Å²) in [5.74, 6) is 0.0322. The number of carbonyl (C=O) groups excluding carboxylic acids is 1. The molecule has 0 bridgehead atoms. The fraction of sp³-hybridized carbons (Fsp3) is 0.111. The smallest absolute Gasteiger partial charge is 0.267 e. The summed E-state index contributed by atoms with van der Waals surface area (Å²) in [6, 6.07) is 13.1. The average Bonchev–Trinajstić information content (AvgIpc) is 2.97. The lowest BCUT2D eigenvalue weighted by Crippen LogP contribution is -2.11. The van der Waals surface area contributed by atoms with Gasteiger partial charge in [0, 0.05) is 10.2 Å². The second-order valence-corrected chi connectivity index (χ2v) is 7.23. The van der Waals surface area contributed by atoms with Gasteiger partial charge in [-0.25, -0.2) is 9.37 Å². The van der Waals surface area contributed by atoms with Crippen LogP contribution in [0.3, 0.4) is 0 Å². The largest absolute Gasteiger partial charge is 0.486 e. The van der Waals surface area contributed by atoms with Gasteiger partial charge in [-0.2, -0.15) is 0 Å². The van der Waals surface area contributed by atoms with Gasteiger partial charge in [0.05, 0.1) is 5.69 Å². The number of ether oxygens (including phenoxy) is 1. The number of hydrogen-bond acceptors (Lipinski definition) is 4. The van der Waals surface area contributed by atoms with Gasteiger partial charge in [0.25, 0.3) is 5.91 Å². The maximum atomic E-state index is 12.9. The van der Waals surface area contributed by atoms with Gasteiger partial charge in [-0.3, -0.25) is 4.79 Å². The van der Waals surface area contributed by atoms with E-state index in [1.54, 1.807) is 19.1 Å². The van der Waals surface area contributed by atoms with E-state index in [0.717, 1.165) is 4.47 Å². The first kappa shape index (κ1) is 17.6. The number of rotatable bonds is 5. The molecule has 128 valence electrons. The van der Waals surface area contributed by atoms with Crippen LogP contribution in [0.4, 0.5) is 10.1 Å². The number of amides is 1. The summed E-state index contributed by atoms with van der Waals surface area (Å²) < 4.78 is 19.4. The van der Waals surface area contributed by atoms with E-state index in [1.165, 1.54) is 23.5 Å². The van der Waals surface area contributed by atoms with Crippen molar-refractivity contribution < 1.29 is 13.9 Å². The Labute approximate surface area is 156 Å². The van der Waals surface area contributed by atoms with Crippen molar-refractivity contribution in [1.82, 2.24) is 4.98 Å². The van der Waals surface area contributed by atoms with E-state index >= 15 is 0 Å². The van der Waals surface area contributed by atoms with E-state index in [2.05, 4.69) is 26.2 Å². The molecule has 0 saturated carbocycles. The zero-order valence-corrected chi connectivity index (χ0v) is 15.7. The number of aryl methyl sites for hydroxylation is 1. The molecule has 25 heavy (non-hydrogen) atoms. The molecule has 0 aliphatic carbocycles. The molecule has 0 aliphatic heterocycles. The first-order chi connectivity index (χ1) is 12.0. The Balaban J connectivity index is 1.65. The third-order valence-electron chi connectivity index (χ3n) is 3.33. The number of benzene rings is 2. The van der Waals surface area contributed by atoms with Crippen LogP contribution >= 0.6 is 27.3 Å². The molecule has 0 fully saturated rings.